The van der Waals surface area contributed by atoms with Crippen LogP contribution in [0.4, 0.5) is 0 Å². The standard InChI is InChI=1S/C12H5Br2N3/c13-10-9(6-16)11(17-12(10)14)8-3-1-7(5-15)2-4-8/h1-4,17H. The molecule has 1 aromatic heterocycles. The number of aromatic nitrogens is 1. The summed E-state index contributed by atoms with van der Waals surface area (Å²) < 4.78 is 1.44. The summed E-state index contributed by atoms with van der Waals surface area (Å²) in [5.74, 6) is 0. The predicted molar refractivity (Wildman–Crippen MR) is 71.1 cm³/mol. The van der Waals surface area contributed by atoms with Gasteiger partial charge in [-0.1, -0.05) is 12.1 Å². The SMILES string of the molecule is N#Cc1ccc(-c2[nH]c(Br)c(Br)c2C#N)cc1. The molecular formula is C12H5Br2N3. The first-order valence-electron chi connectivity index (χ1n) is 4.65. The average Bonchev–Trinajstić information content (AvgIpc) is 2.65. The highest BCUT2D eigenvalue weighted by Gasteiger charge is 2.14. The van der Waals surface area contributed by atoms with Crippen LogP contribution < -0.4 is 0 Å². The fourth-order valence-corrected chi connectivity index (χ4v) is 2.26. The quantitative estimate of drug-likeness (QED) is 0.846. The van der Waals surface area contributed by atoms with Gasteiger partial charge < -0.3 is 4.98 Å². The molecule has 1 aromatic carbocycles. The minimum Gasteiger partial charge on any atom is -0.347 e. The number of H-pyrrole nitrogens is 1. The smallest absolute Gasteiger partial charge is 0.103 e. The van der Waals surface area contributed by atoms with Crippen molar-refractivity contribution in [2.45, 2.75) is 0 Å². The first-order valence-corrected chi connectivity index (χ1v) is 6.23. The van der Waals surface area contributed by atoms with Crippen LogP contribution in [0.25, 0.3) is 11.3 Å². The molecular weight excluding hydrogens is 346 g/mol. The van der Waals surface area contributed by atoms with Crippen molar-refractivity contribution in [3.63, 3.8) is 0 Å². The third-order valence-corrected chi connectivity index (χ3v) is 4.23. The molecule has 0 spiro atoms. The maximum atomic E-state index is 9.10. The van der Waals surface area contributed by atoms with Gasteiger partial charge in [0.15, 0.2) is 0 Å². The Morgan fingerprint density at radius 3 is 2.18 bits per heavy atom. The van der Waals surface area contributed by atoms with Gasteiger partial charge in [-0.15, -0.1) is 0 Å². The summed E-state index contributed by atoms with van der Waals surface area (Å²) in [6.45, 7) is 0. The van der Waals surface area contributed by atoms with Crippen molar-refractivity contribution in [1.82, 2.24) is 4.98 Å². The van der Waals surface area contributed by atoms with Crippen molar-refractivity contribution in [1.29, 1.82) is 10.5 Å². The van der Waals surface area contributed by atoms with E-state index in [4.69, 9.17) is 10.5 Å². The number of hydrogen-bond donors (Lipinski definition) is 1. The summed E-state index contributed by atoms with van der Waals surface area (Å²) in [5, 5.41) is 17.8. The number of nitrogens with zero attached hydrogens (tertiary/aromatic N) is 2. The van der Waals surface area contributed by atoms with Crippen LogP contribution in [0.5, 0.6) is 0 Å². The van der Waals surface area contributed by atoms with Crippen LogP contribution in [0.1, 0.15) is 11.1 Å². The first kappa shape index (κ1) is 11.9. The van der Waals surface area contributed by atoms with Gasteiger partial charge in [0.05, 0.1) is 32.0 Å². The third-order valence-electron chi connectivity index (χ3n) is 2.31. The van der Waals surface area contributed by atoms with Crippen molar-refractivity contribution in [2.75, 3.05) is 0 Å². The zero-order valence-corrected chi connectivity index (χ0v) is 11.6. The summed E-state index contributed by atoms with van der Waals surface area (Å²) in [6.07, 6.45) is 0. The van der Waals surface area contributed by atoms with E-state index in [-0.39, 0.29) is 0 Å². The number of halogens is 2. The third kappa shape index (κ3) is 2.12. The zero-order chi connectivity index (χ0) is 12.4. The highest BCUT2D eigenvalue weighted by Crippen LogP contribution is 2.34. The number of nitriles is 2. The molecule has 1 heterocycles. The molecule has 3 nitrogen and oxygen atoms in total. The molecule has 0 fully saturated rings. The molecule has 0 radical (unpaired) electrons. The van der Waals surface area contributed by atoms with Crippen molar-refractivity contribution in [3.8, 4) is 23.4 Å². The molecule has 0 bridgehead atoms. The Bertz CT molecular complexity index is 642. The second kappa shape index (κ2) is 4.75. The minimum atomic E-state index is 0.543. The van der Waals surface area contributed by atoms with Gasteiger partial charge in [0, 0.05) is 0 Å². The van der Waals surface area contributed by atoms with E-state index in [1.165, 1.54) is 0 Å². The Morgan fingerprint density at radius 1 is 1.00 bits per heavy atom. The summed E-state index contributed by atoms with van der Waals surface area (Å²) in [4.78, 5) is 3.08. The molecule has 0 aliphatic carbocycles. The Hall–Kier alpha value is -1.56. The van der Waals surface area contributed by atoms with Crippen LogP contribution in [0.3, 0.4) is 0 Å². The van der Waals surface area contributed by atoms with E-state index in [9.17, 15) is 0 Å². The van der Waals surface area contributed by atoms with Crippen molar-refractivity contribution >= 4 is 31.9 Å². The Morgan fingerprint density at radius 2 is 1.65 bits per heavy atom. The Kier molecular flexibility index (Phi) is 3.33. The average molecular weight is 351 g/mol. The molecule has 0 saturated heterocycles. The minimum absolute atomic E-state index is 0.543. The fourth-order valence-electron chi connectivity index (χ4n) is 1.48. The van der Waals surface area contributed by atoms with Crippen LogP contribution in [-0.4, -0.2) is 4.98 Å². The Balaban J connectivity index is 2.58. The molecule has 0 aliphatic rings. The highest BCUT2D eigenvalue weighted by molar-refractivity contribution is 9.13. The molecule has 82 valence electrons. The van der Waals surface area contributed by atoms with Gasteiger partial charge in [0.25, 0.3) is 0 Å². The topological polar surface area (TPSA) is 63.4 Å². The van der Waals surface area contributed by atoms with Crippen LogP contribution in [0.15, 0.2) is 33.3 Å². The molecule has 2 aromatic rings. The summed E-state index contributed by atoms with van der Waals surface area (Å²) >= 11 is 6.66. The van der Waals surface area contributed by atoms with Crippen LogP contribution in [0.2, 0.25) is 0 Å². The van der Waals surface area contributed by atoms with Gasteiger partial charge in [-0.2, -0.15) is 10.5 Å². The van der Waals surface area contributed by atoms with Gasteiger partial charge in [0.1, 0.15) is 6.07 Å². The van der Waals surface area contributed by atoms with Crippen LogP contribution in [0, 0.1) is 22.7 Å². The Labute approximate surface area is 115 Å². The number of nitrogens with one attached hydrogen (secondary N) is 1. The highest BCUT2D eigenvalue weighted by atomic mass is 79.9. The van der Waals surface area contributed by atoms with Gasteiger partial charge in [-0.25, -0.2) is 0 Å². The van der Waals surface area contributed by atoms with E-state index in [1.807, 2.05) is 12.1 Å². The largest absolute Gasteiger partial charge is 0.347 e. The number of benzene rings is 1. The molecule has 0 amide bonds. The molecule has 0 saturated carbocycles. The summed E-state index contributed by atoms with van der Waals surface area (Å²) in [5.41, 5.74) is 2.74. The molecule has 5 heteroatoms. The van der Waals surface area contributed by atoms with E-state index >= 15 is 0 Å². The van der Waals surface area contributed by atoms with E-state index in [2.05, 4.69) is 49.0 Å². The second-order valence-corrected chi connectivity index (χ2v) is 4.89. The predicted octanol–water partition coefficient (Wildman–Crippen LogP) is 3.95. The van der Waals surface area contributed by atoms with Crippen molar-refractivity contribution < 1.29 is 0 Å². The summed E-state index contributed by atoms with van der Waals surface area (Å²) in [6, 6.07) is 11.3. The van der Waals surface area contributed by atoms with Gasteiger partial charge in [-0.3, -0.25) is 0 Å². The summed E-state index contributed by atoms with van der Waals surface area (Å²) in [7, 11) is 0. The lowest BCUT2D eigenvalue weighted by Gasteiger charge is -1.99. The second-order valence-electron chi connectivity index (χ2n) is 3.30. The van der Waals surface area contributed by atoms with E-state index in [0.29, 0.717) is 15.6 Å². The van der Waals surface area contributed by atoms with E-state index in [0.717, 1.165) is 15.9 Å². The van der Waals surface area contributed by atoms with Crippen LogP contribution in [-0.2, 0) is 0 Å². The zero-order valence-electron chi connectivity index (χ0n) is 8.46. The van der Waals surface area contributed by atoms with Crippen LogP contribution >= 0.6 is 31.9 Å². The lowest BCUT2D eigenvalue weighted by atomic mass is 10.1. The normalized spacial score (nSPS) is 9.65. The van der Waals surface area contributed by atoms with Crippen molar-refractivity contribution in [3.05, 3.63) is 44.5 Å². The fraction of sp³-hybridized carbons (Fsp3) is 0. The lowest BCUT2D eigenvalue weighted by Crippen LogP contribution is -1.82. The molecule has 2 rings (SSSR count). The molecule has 1 N–H and O–H groups in total. The number of rotatable bonds is 1. The lowest BCUT2D eigenvalue weighted by molar-refractivity contribution is 1.34. The molecule has 0 unspecified atom stereocenters. The van der Waals surface area contributed by atoms with Gasteiger partial charge >= 0.3 is 0 Å². The number of hydrogen-bond acceptors (Lipinski definition) is 2. The van der Waals surface area contributed by atoms with Gasteiger partial charge in [0.2, 0.25) is 0 Å². The van der Waals surface area contributed by atoms with E-state index in [1.54, 1.807) is 12.1 Å². The maximum Gasteiger partial charge on any atom is 0.103 e. The monoisotopic (exact) mass is 349 g/mol. The first-order chi connectivity index (χ1) is 8.17. The molecule has 17 heavy (non-hydrogen) atoms. The molecule has 0 aliphatic heterocycles. The maximum absolute atomic E-state index is 9.10. The van der Waals surface area contributed by atoms with E-state index < -0.39 is 0 Å². The van der Waals surface area contributed by atoms with Crippen molar-refractivity contribution in [2.24, 2.45) is 0 Å². The van der Waals surface area contributed by atoms with Gasteiger partial charge in [-0.05, 0) is 49.6 Å². The molecule has 0 atom stereocenters. The number of aromatic amines is 1.